The van der Waals surface area contributed by atoms with Crippen molar-refractivity contribution in [2.75, 3.05) is 12.5 Å². The monoisotopic (exact) mass is 382 g/mol. The van der Waals surface area contributed by atoms with E-state index in [9.17, 15) is 9.18 Å². The highest BCUT2D eigenvalue weighted by molar-refractivity contribution is 5.85. The number of nitrogens with one attached hydrogen (secondary N) is 2. The van der Waals surface area contributed by atoms with Crippen LogP contribution < -0.4 is 20.5 Å². The summed E-state index contributed by atoms with van der Waals surface area (Å²) in [7, 11) is 1.54. The van der Waals surface area contributed by atoms with Gasteiger partial charge < -0.3 is 9.47 Å². The molecule has 1 heterocycles. The number of anilines is 1. The van der Waals surface area contributed by atoms with Crippen LogP contribution in [0.1, 0.15) is 16.8 Å². The molecule has 0 saturated heterocycles. The summed E-state index contributed by atoms with van der Waals surface area (Å²) in [5, 5.41) is 4.10. The molecule has 144 valence electrons. The van der Waals surface area contributed by atoms with E-state index in [1.165, 1.54) is 24.4 Å². The number of hydrazone groups is 1. The van der Waals surface area contributed by atoms with Gasteiger partial charge >= 0.3 is 0 Å². The second kappa shape index (κ2) is 8.81. The highest BCUT2D eigenvalue weighted by atomic mass is 19.1. The largest absolute Gasteiger partial charge is 0.493 e. The van der Waals surface area contributed by atoms with Crippen LogP contribution in [-0.2, 0) is 6.61 Å². The quantitative estimate of drug-likeness (QED) is 0.484. The maximum absolute atomic E-state index is 13.0. The molecule has 0 unspecified atom stereocenters. The minimum atomic E-state index is -0.303. The topological polar surface area (TPSA) is 88.6 Å². The van der Waals surface area contributed by atoms with Crippen molar-refractivity contribution in [3.8, 4) is 11.5 Å². The van der Waals surface area contributed by atoms with E-state index in [2.05, 4.69) is 20.5 Å². The van der Waals surface area contributed by atoms with Gasteiger partial charge in [0, 0.05) is 17.3 Å². The molecule has 2 aromatic carbocycles. The average molecular weight is 382 g/mol. The third-order valence-electron chi connectivity index (χ3n) is 3.77. The highest BCUT2D eigenvalue weighted by Crippen LogP contribution is 2.30. The zero-order valence-electron chi connectivity index (χ0n) is 15.4. The first-order valence-corrected chi connectivity index (χ1v) is 8.46. The zero-order valence-corrected chi connectivity index (χ0v) is 15.4. The molecule has 0 spiro atoms. The van der Waals surface area contributed by atoms with Crippen molar-refractivity contribution in [2.45, 2.75) is 13.5 Å². The van der Waals surface area contributed by atoms with Crippen molar-refractivity contribution >= 4 is 12.2 Å². The van der Waals surface area contributed by atoms with Gasteiger partial charge in [-0.05, 0) is 36.8 Å². The molecule has 0 saturated carbocycles. The van der Waals surface area contributed by atoms with Crippen molar-refractivity contribution in [3.63, 3.8) is 0 Å². The highest BCUT2D eigenvalue weighted by Gasteiger charge is 2.10. The molecule has 3 rings (SSSR count). The molecular weight excluding hydrogens is 363 g/mol. The number of H-pyrrole nitrogens is 1. The molecule has 28 heavy (non-hydrogen) atoms. The minimum Gasteiger partial charge on any atom is -0.493 e. The summed E-state index contributed by atoms with van der Waals surface area (Å²) in [4.78, 5) is 18.2. The van der Waals surface area contributed by atoms with Gasteiger partial charge in [-0.25, -0.2) is 14.8 Å². The lowest BCUT2D eigenvalue weighted by atomic mass is 10.2. The Hall–Kier alpha value is -3.68. The van der Waals surface area contributed by atoms with E-state index in [-0.39, 0.29) is 23.9 Å². The number of benzene rings is 2. The van der Waals surface area contributed by atoms with E-state index in [0.29, 0.717) is 22.8 Å². The number of aromatic amines is 1. The molecule has 0 aliphatic heterocycles. The minimum absolute atomic E-state index is 0.234. The molecule has 0 amide bonds. The fraction of sp³-hybridized carbons (Fsp3) is 0.150. The fourth-order valence-electron chi connectivity index (χ4n) is 2.48. The predicted octanol–water partition coefficient (Wildman–Crippen LogP) is 3.25. The normalized spacial score (nSPS) is 10.8. The number of halogens is 1. The second-order valence-corrected chi connectivity index (χ2v) is 5.90. The molecule has 0 aliphatic carbocycles. The van der Waals surface area contributed by atoms with Crippen LogP contribution in [0.25, 0.3) is 0 Å². The first kappa shape index (κ1) is 19.1. The number of aromatic nitrogens is 2. The van der Waals surface area contributed by atoms with E-state index < -0.39 is 0 Å². The summed E-state index contributed by atoms with van der Waals surface area (Å²) < 4.78 is 24.3. The first-order chi connectivity index (χ1) is 13.5. The van der Waals surface area contributed by atoms with Crippen molar-refractivity contribution in [2.24, 2.45) is 5.10 Å². The number of aryl methyl sites for hydroxylation is 1. The fourth-order valence-corrected chi connectivity index (χ4v) is 2.48. The van der Waals surface area contributed by atoms with Crippen LogP contribution in [0.3, 0.4) is 0 Å². The van der Waals surface area contributed by atoms with Crippen LogP contribution in [0, 0.1) is 12.7 Å². The molecule has 0 radical (unpaired) electrons. The second-order valence-electron chi connectivity index (χ2n) is 5.90. The van der Waals surface area contributed by atoms with Gasteiger partial charge in [0.1, 0.15) is 12.4 Å². The van der Waals surface area contributed by atoms with Crippen molar-refractivity contribution < 1.29 is 13.9 Å². The Labute approximate surface area is 160 Å². The summed E-state index contributed by atoms with van der Waals surface area (Å²) >= 11 is 0. The lowest BCUT2D eigenvalue weighted by molar-refractivity contribution is 0.284. The van der Waals surface area contributed by atoms with E-state index >= 15 is 0 Å². The van der Waals surface area contributed by atoms with Gasteiger partial charge in [0.25, 0.3) is 5.56 Å². The van der Waals surface area contributed by atoms with Crippen LogP contribution in [-0.4, -0.2) is 23.3 Å². The van der Waals surface area contributed by atoms with Gasteiger partial charge in [-0.2, -0.15) is 5.10 Å². The molecule has 7 nitrogen and oxygen atoms in total. The van der Waals surface area contributed by atoms with Crippen molar-refractivity contribution in [3.05, 3.63) is 81.5 Å². The first-order valence-electron chi connectivity index (χ1n) is 8.46. The van der Waals surface area contributed by atoms with E-state index in [4.69, 9.17) is 9.47 Å². The molecule has 2 N–H and O–H groups in total. The number of para-hydroxylation sites is 1. The molecule has 0 fully saturated rings. The average Bonchev–Trinajstić information content (AvgIpc) is 2.67. The summed E-state index contributed by atoms with van der Waals surface area (Å²) in [6.07, 6.45) is 1.53. The Morgan fingerprint density at radius 1 is 1.25 bits per heavy atom. The van der Waals surface area contributed by atoms with Crippen molar-refractivity contribution in [1.82, 2.24) is 9.97 Å². The number of methoxy groups -OCH3 is 1. The number of ether oxygens (including phenoxy) is 2. The number of hydrogen-bond donors (Lipinski definition) is 2. The van der Waals surface area contributed by atoms with E-state index in [1.807, 2.05) is 0 Å². The smallest absolute Gasteiger partial charge is 0.252 e. The van der Waals surface area contributed by atoms with Crippen LogP contribution in [0.2, 0.25) is 0 Å². The zero-order chi connectivity index (χ0) is 19.9. The molecular formula is C20H19FN4O3. The molecule has 3 aromatic rings. The lowest BCUT2D eigenvalue weighted by Crippen LogP contribution is -2.10. The van der Waals surface area contributed by atoms with Crippen molar-refractivity contribution in [1.29, 1.82) is 0 Å². The Kier molecular flexibility index (Phi) is 6.01. The SMILES string of the molecule is COc1cccc(/C=N/Nc2nc(C)cc(=O)[nH]2)c1OCc1ccc(F)cc1. The number of nitrogens with zero attached hydrogens (tertiary/aromatic N) is 2. The summed E-state index contributed by atoms with van der Waals surface area (Å²) in [6, 6.07) is 12.8. The third kappa shape index (κ3) is 4.94. The third-order valence-corrected chi connectivity index (χ3v) is 3.77. The van der Waals surface area contributed by atoms with Gasteiger partial charge in [-0.15, -0.1) is 0 Å². The van der Waals surface area contributed by atoms with Gasteiger partial charge in [0.15, 0.2) is 11.5 Å². The molecule has 1 aromatic heterocycles. The number of rotatable bonds is 7. The van der Waals surface area contributed by atoms with Gasteiger partial charge in [0.2, 0.25) is 5.95 Å². The Morgan fingerprint density at radius 2 is 2.04 bits per heavy atom. The van der Waals surface area contributed by atoms with E-state index in [0.717, 1.165) is 5.56 Å². The molecule has 0 aliphatic rings. The predicted molar refractivity (Wildman–Crippen MR) is 105 cm³/mol. The number of hydrogen-bond acceptors (Lipinski definition) is 6. The molecule has 8 heteroatoms. The van der Waals surface area contributed by atoms with Gasteiger partial charge in [-0.3, -0.25) is 9.78 Å². The van der Waals surface area contributed by atoms with Crippen LogP contribution in [0.4, 0.5) is 10.3 Å². The van der Waals surface area contributed by atoms with Crippen LogP contribution in [0.15, 0.2) is 58.4 Å². The maximum atomic E-state index is 13.0. The Bertz CT molecular complexity index is 1030. The standard InChI is InChI=1S/C20H19FN4O3/c1-13-10-18(26)24-20(23-13)25-22-11-15-4-3-5-17(27-2)19(15)28-12-14-6-8-16(21)9-7-14/h3-11H,12H2,1-2H3,(H2,23,24,25,26)/b22-11+. The van der Waals surface area contributed by atoms with Crippen LogP contribution in [0.5, 0.6) is 11.5 Å². The Morgan fingerprint density at radius 3 is 2.75 bits per heavy atom. The van der Waals surface area contributed by atoms with Gasteiger partial charge in [-0.1, -0.05) is 18.2 Å². The Balaban J connectivity index is 1.78. The molecule has 0 atom stereocenters. The summed E-state index contributed by atoms with van der Waals surface area (Å²) in [5.74, 6) is 0.958. The summed E-state index contributed by atoms with van der Waals surface area (Å²) in [5.41, 5.74) is 4.46. The summed E-state index contributed by atoms with van der Waals surface area (Å²) in [6.45, 7) is 1.95. The lowest BCUT2D eigenvalue weighted by Gasteiger charge is -2.13. The van der Waals surface area contributed by atoms with E-state index in [1.54, 1.807) is 44.4 Å². The maximum Gasteiger partial charge on any atom is 0.252 e. The molecule has 0 bridgehead atoms. The van der Waals surface area contributed by atoms with Crippen LogP contribution >= 0.6 is 0 Å². The van der Waals surface area contributed by atoms with Gasteiger partial charge in [0.05, 0.1) is 13.3 Å².